The molecule has 3 aliphatic rings. The number of aryl methyl sites for hydroxylation is 1. The largest absolute Gasteiger partial charge is 0.378 e. The van der Waals surface area contributed by atoms with Crippen LogP contribution in [0.1, 0.15) is 11.1 Å². The number of thioether (sulfide) groups is 1. The third-order valence-corrected chi connectivity index (χ3v) is 6.74. The molecule has 1 saturated heterocycles. The topological polar surface area (TPSA) is 91.3 Å². The zero-order chi connectivity index (χ0) is 22.9. The second-order valence-corrected chi connectivity index (χ2v) is 8.91. The molecule has 2 aromatic carbocycles. The van der Waals surface area contributed by atoms with Gasteiger partial charge in [0.25, 0.3) is 11.8 Å². The van der Waals surface area contributed by atoms with E-state index in [0.717, 1.165) is 5.56 Å². The van der Waals surface area contributed by atoms with Gasteiger partial charge in [-0.15, -0.1) is 0 Å². The van der Waals surface area contributed by atoms with Crippen LogP contribution in [-0.2, 0) is 19.1 Å². The first kappa shape index (κ1) is 21.4. The lowest BCUT2D eigenvalue weighted by atomic mass is 10.1. The van der Waals surface area contributed by atoms with Crippen LogP contribution in [0.15, 0.2) is 58.4 Å². The summed E-state index contributed by atoms with van der Waals surface area (Å²) in [6.07, 6.45) is 0. The Bertz CT molecular complexity index is 1220. The zero-order valence-electron chi connectivity index (χ0n) is 18.0. The average molecular weight is 463 g/mol. The standard InChI is InChI=1S/C24H22N4O4S/c1-15-5-4-6-16(13-15)25-19(29)14-28-18-8-3-2-7-17(18)20(23(28)31)21-22(30)26-24(33-21)27-9-11-32-12-10-27/h2-8,13H,9-12,14H2,1H3,(H,25,29). The van der Waals surface area contributed by atoms with Crippen molar-refractivity contribution < 1.29 is 19.1 Å². The van der Waals surface area contributed by atoms with Crippen molar-refractivity contribution >= 4 is 51.6 Å². The maximum Gasteiger partial charge on any atom is 0.287 e. The molecule has 8 nitrogen and oxygen atoms in total. The van der Waals surface area contributed by atoms with E-state index in [1.807, 2.05) is 42.2 Å². The number of nitrogens with one attached hydrogen (secondary N) is 1. The molecule has 3 amide bonds. The fourth-order valence-corrected chi connectivity index (χ4v) is 5.12. The molecule has 0 atom stereocenters. The van der Waals surface area contributed by atoms with E-state index in [2.05, 4.69) is 10.3 Å². The van der Waals surface area contributed by atoms with Crippen LogP contribution in [0.25, 0.3) is 5.57 Å². The van der Waals surface area contributed by atoms with Crippen LogP contribution in [0.2, 0.25) is 0 Å². The monoisotopic (exact) mass is 462 g/mol. The molecule has 0 spiro atoms. The summed E-state index contributed by atoms with van der Waals surface area (Å²) < 4.78 is 5.37. The fourth-order valence-electron chi connectivity index (χ4n) is 4.07. The number of carbonyl (C=O) groups excluding carboxylic acids is 3. The van der Waals surface area contributed by atoms with E-state index in [9.17, 15) is 14.4 Å². The van der Waals surface area contributed by atoms with Gasteiger partial charge < -0.3 is 15.0 Å². The van der Waals surface area contributed by atoms with E-state index in [-0.39, 0.29) is 18.4 Å². The van der Waals surface area contributed by atoms with Crippen LogP contribution >= 0.6 is 11.8 Å². The Kier molecular flexibility index (Phi) is 5.74. The van der Waals surface area contributed by atoms with Gasteiger partial charge in [0.1, 0.15) is 6.54 Å². The number of morpholine rings is 1. The molecule has 0 bridgehead atoms. The van der Waals surface area contributed by atoms with Gasteiger partial charge >= 0.3 is 0 Å². The number of anilines is 2. The number of amides is 3. The Morgan fingerprint density at radius 1 is 1.12 bits per heavy atom. The Balaban J connectivity index is 1.41. The summed E-state index contributed by atoms with van der Waals surface area (Å²) in [5.41, 5.74) is 3.24. The van der Waals surface area contributed by atoms with Gasteiger partial charge in [0, 0.05) is 24.3 Å². The number of nitrogens with zero attached hydrogens (tertiary/aromatic N) is 3. The van der Waals surface area contributed by atoms with Gasteiger partial charge in [-0.3, -0.25) is 19.3 Å². The lowest BCUT2D eigenvalue weighted by molar-refractivity contribution is -0.118. The molecule has 1 fully saturated rings. The van der Waals surface area contributed by atoms with Gasteiger partial charge in [-0.1, -0.05) is 30.3 Å². The van der Waals surface area contributed by atoms with E-state index in [1.54, 1.807) is 18.2 Å². The predicted molar refractivity (Wildman–Crippen MR) is 128 cm³/mol. The average Bonchev–Trinajstić information content (AvgIpc) is 3.31. The highest BCUT2D eigenvalue weighted by atomic mass is 32.2. The number of hydrogen-bond acceptors (Lipinski definition) is 6. The number of benzene rings is 2. The smallest absolute Gasteiger partial charge is 0.287 e. The molecule has 9 heteroatoms. The summed E-state index contributed by atoms with van der Waals surface area (Å²) in [7, 11) is 0. The summed E-state index contributed by atoms with van der Waals surface area (Å²) in [4.78, 5) is 46.9. The van der Waals surface area contributed by atoms with Crippen molar-refractivity contribution in [2.24, 2.45) is 4.99 Å². The van der Waals surface area contributed by atoms with Crippen molar-refractivity contribution in [3.8, 4) is 0 Å². The molecule has 168 valence electrons. The van der Waals surface area contributed by atoms with Crippen LogP contribution in [0.4, 0.5) is 11.4 Å². The maximum absolute atomic E-state index is 13.5. The minimum atomic E-state index is -0.425. The van der Waals surface area contributed by atoms with E-state index >= 15 is 0 Å². The molecule has 1 N–H and O–H groups in total. The molecule has 0 unspecified atom stereocenters. The van der Waals surface area contributed by atoms with Crippen molar-refractivity contribution in [2.75, 3.05) is 43.1 Å². The lowest BCUT2D eigenvalue weighted by Gasteiger charge is -2.27. The van der Waals surface area contributed by atoms with Gasteiger partial charge in [0.2, 0.25) is 5.91 Å². The predicted octanol–water partition coefficient (Wildman–Crippen LogP) is 2.65. The molecule has 3 aliphatic heterocycles. The van der Waals surface area contributed by atoms with E-state index < -0.39 is 5.91 Å². The summed E-state index contributed by atoms with van der Waals surface area (Å²) in [6.45, 7) is 4.24. The third-order valence-electron chi connectivity index (χ3n) is 5.62. The SMILES string of the molecule is Cc1cccc(NC(=O)CN2C(=O)C(=C3SC(N4CCOCC4)=NC3=O)c3ccccc32)c1. The van der Waals surface area contributed by atoms with Gasteiger partial charge in [-0.2, -0.15) is 4.99 Å². The summed E-state index contributed by atoms with van der Waals surface area (Å²) in [5, 5.41) is 3.43. The van der Waals surface area contributed by atoms with Crippen LogP contribution in [0, 0.1) is 6.92 Å². The second kappa shape index (κ2) is 8.84. The second-order valence-electron chi connectivity index (χ2n) is 7.93. The summed E-state index contributed by atoms with van der Waals surface area (Å²) >= 11 is 1.22. The molecule has 0 aromatic heterocycles. The number of carbonyl (C=O) groups is 3. The van der Waals surface area contributed by atoms with E-state index in [1.165, 1.54) is 16.7 Å². The Hall–Kier alpha value is -3.43. The maximum atomic E-state index is 13.5. The zero-order valence-corrected chi connectivity index (χ0v) is 18.9. The molecule has 0 aliphatic carbocycles. The number of rotatable bonds is 3. The molecule has 0 saturated carbocycles. The molecular weight excluding hydrogens is 440 g/mol. The van der Waals surface area contributed by atoms with E-state index in [0.29, 0.717) is 58.9 Å². The van der Waals surface area contributed by atoms with E-state index in [4.69, 9.17) is 4.74 Å². The van der Waals surface area contributed by atoms with Crippen molar-refractivity contribution in [1.82, 2.24) is 4.90 Å². The third kappa shape index (κ3) is 4.17. The molecular formula is C24H22N4O4S. The van der Waals surface area contributed by atoms with Crippen molar-refractivity contribution in [2.45, 2.75) is 6.92 Å². The number of ether oxygens (including phenoxy) is 1. The van der Waals surface area contributed by atoms with Crippen molar-refractivity contribution in [1.29, 1.82) is 0 Å². The summed E-state index contributed by atoms with van der Waals surface area (Å²) in [6, 6.07) is 14.7. The van der Waals surface area contributed by atoms with Crippen molar-refractivity contribution in [3.63, 3.8) is 0 Å². The Morgan fingerprint density at radius 2 is 1.91 bits per heavy atom. The van der Waals surface area contributed by atoms with Crippen LogP contribution in [0.5, 0.6) is 0 Å². The Morgan fingerprint density at radius 3 is 2.70 bits per heavy atom. The summed E-state index contributed by atoms with van der Waals surface area (Å²) in [5.74, 6) is -1.11. The van der Waals surface area contributed by atoms with Gasteiger partial charge in [-0.05, 0) is 42.4 Å². The first-order valence-corrected chi connectivity index (χ1v) is 11.5. The van der Waals surface area contributed by atoms with Gasteiger partial charge in [-0.25, -0.2) is 0 Å². The molecule has 3 heterocycles. The van der Waals surface area contributed by atoms with Crippen molar-refractivity contribution in [3.05, 3.63) is 64.6 Å². The highest BCUT2D eigenvalue weighted by Crippen LogP contribution is 2.43. The lowest BCUT2D eigenvalue weighted by Crippen LogP contribution is -2.38. The van der Waals surface area contributed by atoms with Gasteiger partial charge in [0.15, 0.2) is 5.17 Å². The fraction of sp³-hybridized carbons (Fsp3) is 0.250. The van der Waals surface area contributed by atoms with Crippen LogP contribution < -0.4 is 10.2 Å². The molecule has 33 heavy (non-hydrogen) atoms. The number of para-hydroxylation sites is 1. The highest BCUT2D eigenvalue weighted by molar-refractivity contribution is 8.18. The number of amidine groups is 1. The van der Waals surface area contributed by atoms with Crippen LogP contribution in [0.3, 0.4) is 0 Å². The molecule has 2 aromatic rings. The minimum absolute atomic E-state index is 0.156. The molecule has 5 rings (SSSR count). The normalized spacial score (nSPS) is 20.2. The first-order valence-electron chi connectivity index (χ1n) is 10.7. The van der Waals surface area contributed by atoms with Crippen LogP contribution in [-0.4, -0.2) is 60.6 Å². The Labute approximate surface area is 195 Å². The molecule has 0 radical (unpaired) electrons. The first-order chi connectivity index (χ1) is 16.0. The number of hydrogen-bond donors (Lipinski definition) is 1. The highest BCUT2D eigenvalue weighted by Gasteiger charge is 2.40. The number of aliphatic imine (C=N–C) groups is 1. The van der Waals surface area contributed by atoms with Gasteiger partial charge in [0.05, 0.1) is 29.4 Å². The quantitative estimate of drug-likeness (QED) is 0.706. The minimum Gasteiger partial charge on any atom is -0.378 e. The number of fused-ring (bicyclic) bond motifs is 1.